The van der Waals surface area contributed by atoms with Gasteiger partial charge in [0.05, 0.1) is 27.2 Å². The molecule has 0 unspecified atom stereocenters. The second-order valence-electron chi connectivity index (χ2n) is 13.6. The van der Waals surface area contributed by atoms with Crippen LogP contribution in [-0.4, -0.2) is 9.13 Å². The molecule has 4 heteroatoms. The fraction of sp³-hybridized carbons (Fsp3) is 0.471. The monoisotopic (exact) mass is 508 g/mol. The van der Waals surface area contributed by atoms with Gasteiger partial charge in [-0.3, -0.25) is 0 Å². The summed E-state index contributed by atoms with van der Waals surface area (Å²) in [5.41, 5.74) is 8.36. The third-order valence-corrected chi connectivity index (χ3v) is 8.56. The van der Waals surface area contributed by atoms with Gasteiger partial charge in [-0.2, -0.15) is 0 Å². The molecule has 6 rings (SSSR count). The van der Waals surface area contributed by atoms with Crippen LogP contribution in [0.1, 0.15) is 79.4 Å². The van der Waals surface area contributed by atoms with E-state index < -0.39 is 0 Å². The van der Waals surface area contributed by atoms with Gasteiger partial charge in [0.1, 0.15) is 0 Å². The van der Waals surface area contributed by atoms with E-state index in [9.17, 15) is 0 Å². The van der Waals surface area contributed by atoms with E-state index in [1.165, 1.54) is 65.5 Å². The van der Waals surface area contributed by atoms with Crippen molar-refractivity contribution in [3.63, 3.8) is 0 Å². The van der Waals surface area contributed by atoms with E-state index in [1.54, 1.807) is 0 Å². The fourth-order valence-corrected chi connectivity index (χ4v) is 6.71. The van der Waals surface area contributed by atoms with E-state index in [-0.39, 0.29) is 10.8 Å². The largest absolute Gasteiger partial charge is 0.244 e. The van der Waals surface area contributed by atoms with E-state index in [1.807, 2.05) is 0 Å². The molecule has 0 radical (unpaired) electrons. The lowest BCUT2D eigenvalue weighted by atomic mass is 9.80. The van der Waals surface area contributed by atoms with Gasteiger partial charge >= 0.3 is 0 Å². The Hall–Kier alpha value is -3.14. The van der Waals surface area contributed by atoms with Crippen molar-refractivity contribution in [2.24, 2.45) is 14.1 Å². The first-order chi connectivity index (χ1) is 17.9. The summed E-state index contributed by atoms with van der Waals surface area (Å²) in [6, 6.07) is 10.00. The maximum absolute atomic E-state index is 2.51. The van der Waals surface area contributed by atoms with Crippen LogP contribution in [0.25, 0.3) is 54.4 Å². The summed E-state index contributed by atoms with van der Waals surface area (Å²) in [4.78, 5) is 0. The molecule has 4 aromatic carbocycles. The third kappa shape index (κ3) is 3.41. The molecule has 0 saturated heterocycles. The molecule has 0 N–H and O–H groups in total. The number of rotatable bonds is 4. The summed E-state index contributed by atoms with van der Waals surface area (Å²) in [6.45, 7) is 20.7. The Morgan fingerprint density at radius 3 is 1.26 bits per heavy atom. The molecule has 0 amide bonds. The SMILES string of the molecule is CCCn1c[n+](C)c2c3cc(C(C)(C)C)cc4c3c3c(cc(C(C)(C)C)cc3c3c4[n+](C)cn3CCC)c21. The molecule has 38 heavy (non-hydrogen) atoms. The number of hydrogen-bond donors (Lipinski definition) is 0. The molecule has 0 atom stereocenters. The molecule has 0 spiro atoms. The Morgan fingerprint density at radius 2 is 0.921 bits per heavy atom. The first-order valence-corrected chi connectivity index (χ1v) is 14.4. The second kappa shape index (κ2) is 8.18. The van der Waals surface area contributed by atoms with E-state index in [4.69, 9.17) is 0 Å². The Bertz CT molecular complexity index is 1750. The van der Waals surface area contributed by atoms with Crippen molar-refractivity contribution in [1.29, 1.82) is 0 Å². The normalized spacial score (nSPS) is 13.4. The molecule has 0 aliphatic rings. The average Bonchev–Trinajstić information content (AvgIpc) is 3.34. The number of fused-ring (bicyclic) bond motifs is 6. The fourth-order valence-electron chi connectivity index (χ4n) is 6.71. The minimum absolute atomic E-state index is 0.0528. The molecule has 0 saturated carbocycles. The van der Waals surface area contributed by atoms with Gasteiger partial charge in [-0.25, -0.2) is 18.3 Å². The maximum Gasteiger partial charge on any atom is 0.244 e. The molecular weight excluding hydrogens is 464 g/mol. The quantitative estimate of drug-likeness (QED) is 0.173. The van der Waals surface area contributed by atoms with E-state index >= 15 is 0 Å². The lowest BCUT2D eigenvalue weighted by molar-refractivity contribution is -0.645. The molecule has 0 aliphatic heterocycles. The first-order valence-electron chi connectivity index (χ1n) is 14.4. The number of hydrogen-bond acceptors (Lipinski definition) is 0. The van der Waals surface area contributed by atoms with Gasteiger partial charge in [0.15, 0.2) is 22.1 Å². The van der Waals surface area contributed by atoms with Crippen LogP contribution in [0, 0.1) is 0 Å². The zero-order chi connectivity index (χ0) is 27.3. The van der Waals surface area contributed by atoms with Crippen LogP contribution in [0.4, 0.5) is 0 Å². The molecule has 198 valence electrons. The smallest absolute Gasteiger partial charge is 0.232 e. The molecular formula is C34H44N4+2. The lowest BCUT2D eigenvalue weighted by Gasteiger charge is -2.23. The summed E-state index contributed by atoms with van der Waals surface area (Å²) in [5, 5.41) is 8.39. The molecule has 2 heterocycles. The van der Waals surface area contributed by atoms with Gasteiger partial charge in [-0.15, -0.1) is 0 Å². The summed E-state index contributed by atoms with van der Waals surface area (Å²) in [6.07, 6.45) is 6.87. The van der Waals surface area contributed by atoms with Crippen LogP contribution < -0.4 is 9.13 Å². The van der Waals surface area contributed by atoms with Gasteiger partial charge in [0.2, 0.25) is 12.7 Å². The lowest BCUT2D eigenvalue weighted by Crippen LogP contribution is -2.26. The summed E-state index contributed by atoms with van der Waals surface area (Å²) < 4.78 is 9.75. The van der Waals surface area contributed by atoms with Crippen LogP contribution >= 0.6 is 0 Å². The highest BCUT2D eigenvalue weighted by Crippen LogP contribution is 2.46. The van der Waals surface area contributed by atoms with Gasteiger partial charge in [0.25, 0.3) is 0 Å². The van der Waals surface area contributed by atoms with Crippen LogP contribution in [-0.2, 0) is 38.0 Å². The molecule has 0 fully saturated rings. The van der Waals surface area contributed by atoms with Gasteiger partial charge in [-0.1, -0.05) is 55.4 Å². The van der Waals surface area contributed by atoms with Crippen LogP contribution in [0.2, 0.25) is 0 Å². The molecule has 4 nitrogen and oxygen atoms in total. The molecule has 6 aromatic rings. The highest BCUT2D eigenvalue weighted by Gasteiger charge is 2.31. The Morgan fingerprint density at radius 1 is 0.579 bits per heavy atom. The first kappa shape index (κ1) is 25.2. The van der Waals surface area contributed by atoms with Crippen molar-refractivity contribution in [2.75, 3.05) is 0 Å². The minimum atomic E-state index is 0.0528. The maximum atomic E-state index is 2.51. The van der Waals surface area contributed by atoms with Crippen LogP contribution in [0.15, 0.2) is 36.9 Å². The standard InChI is InChI=1S/C34H44N4/c1-11-13-37-19-35(9)29-23-15-21(33(3,4)5)16-24-27(23)28-25(31(29)37)17-22(34(6,7)8)18-26(28)32-30(24)36(10)20-38(32)14-12-2/h15-20H,11-14H2,1-10H3/q+2. The molecule has 0 aliphatic carbocycles. The zero-order valence-corrected chi connectivity index (χ0v) is 25.1. The average molecular weight is 509 g/mol. The van der Waals surface area contributed by atoms with Crippen molar-refractivity contribution in [3.8, 4) is 0 Å². The van der Waals surface area contributed by atoms with Crippen molar-refractivity contribution < 1.29 is 9.13 Å². The van der Waals surface area contributed by atoms with E-state index in [0.29, 0.717) is 0 Å². The summed E-state index contributed by atoms with van der Waals surface area (Å²) in [7, 11) is 4.46. The van der Waals surface area contributed by atoms with Gasteiger partial charge < -0.3 is 0 Å². The van der Waals surface area contributed by atoms with Crippen LogP contribution in [0.5, 0.6) is 0 Å². The Balaban J connectivity index is 2.03. The number of imidazole rings is 2. The van der Waals surface area contributed by atoms with Crippen molar-refractivity contribution in [1.82, 2.24) is 9.13 Å². The number of nitrogens with zero attached hydrogens (tertiary/aromatic N) is 4. The number of benzene rings is 4. The number of aromatic nitrogens is 4. The third-order valence-electron chi connectivity index (χ3n) is 8.56. The second-order valence-corrected chi connectivity index (χ2v) is 13.6. The summed E-state index contributed by atoms with van der Waals surface area (Å²) in [5.74, 6) is 0. The van der Waals surface area contributed by atoms with Crippen molar-refractivity contribution in [2.45, 2.75) is 92.2 Å². The molecule has 0 bridgehead atoms. The zero-order valence-electron chi connectivity index (χ0n) is 25.1. The van der Waals surface area contributed by atoms with Crippen molar-refractivity contribution >= 4 is 54.4 Å². The Kier molecular flexibility index (Phi) is 5.41. The Labute approximate surface area is 226 Å². The molecule has 2 aromatic heterocycles. The van der Waals surface area contributed by atoms with E-state index in [2.05, 4.69) is 125 Å². The predicted octanol–water partition coefficient (Wildman–Crippen LogP) is 7.56. The minimum Gasteiger partial charge on any atom is -0.232 e. The van der Waals surface area contributed by atoms with Crippen molar-refractivity contribution in [3.05, 3.63) is 48.0 Å². The number of aryl methyl sites for hydroxylation is 4. The van der Waals surface area contributed by atoms with Gasteiger partial charge in [-0.05, 0) is 59.1 Å². The van der Waals surface area contributed by atoms with Crippen LogP contribution in [0.3, 0.4) is 0 Å². The predicted molar refractivity (Wildman–Crippen MR) is 161 cm³/mol. The topological polar surface area (TPSA) is 17.6 Å². The van der Waals surface area contributed by atoms with Gasteiger partial charge in [0, 0.05) is 32.3 Å². The highest BCUT2D eigenvalue weighted by molar-refractivity contribution is 6.37. The summed E-state index contributed by atoms with van der Waals surface area (Å²) >= 11 is 0. The van der Waals surface area contributed by atoms with E-state index in [0.717, 1.165) is 25.9 Å². The highest BCUT2D eigenvalue weighted by atomic mass is 15.1.